The molecule has 1 aromatic heterocycles. The highest BCUT2D eigenvalue weighted by Gasteiger charge is 2.28. The Morgan fingerprint density at radius 1 is 1.19 bits per heavy atom. The van der Waals surface area contributed by atoms with E-state index in [1.165, 1.54) is 28.5 Å². The Balaban J connectivity index is 1.40. The van der Waals surface area contributed by atoms with Crippen LogP contribution in [0.15, 0.2) is 68.6 Å². The van der Waals surface area contributed by atoms with Crippen molar-refractivity contribution < 1.29 is 9.21 Å². The minimum absolute atomic E-state index is 0.138. The number of halogens is 1. The molecule has 0 saturated heterocycles. The summed E-state index contributed by atoms with van der Waals surface area (Å²) >= 11 is 4.99. The third kappa shape index (κ3) is 3.73. The van der Waals surface area contributed by atoms with Crippen LogP contribution in [-0.2, 0) is 4.79 Å². The molecule has 4 rings (SSSR count). The molecular formula is C21H17BrN2O2S. The molecule has 0 unspecified atom stereocenters. The molecule has 0 radical (unpaired) electrons. The van der Waals surface area contributed by atoms with Crippen LogP contribution in [0.3, 0.4) is 0 Å². The van der Waals surface area contributed by atoms with Crippen molar-refractivity contribution in [2.75, 3.05) is 5.75 Å². The molecule has 0 fully saturated rings. The van der Waals surface area contributed by atoms with Crippen LogP contribution in [0, 0.1) is 6.92 Å². The van der Waals surface area contributed by atoms with E-state index in [9.17, 15) is 4.79 Å². The highest BCUT2D eigenvalue weighted by Crippen LogP contribution is 2.49. The summed E-state index contributed by atoms with van der Waals surface area (Å²) in [5.41, 5.74) is 7.59. The van der Waals surface area contributed by atoms with Crippen molar-refractivity contribution in [1.82, 2.24) is 5.43 Å². The molecule has 1 aliphatic rings. The van der Waals surface area contributed by atoms with Gasteiger partial charge in [0.25, 0.3) is 0 Å². The van der Waals surface area contributed by atoms with E-state index in [1.807, 2.05) is 25.1 Å². The average molecular weight is 441 g/mol. The van der Waals surface area contributed by atoms with E-state index in [0.717, 1.165) is 10.2 Å². The summed E-state index contributed by atoms with van der Waals surface area (Å²) in [7, 11) is 0. The van der Waals surface area contributed by atoms with Gasteiger partial charge in [0.05, 0.1) is 21.7 Å². The number of hydrogen-bond acceptors (Lipinski definition) is 4. The summed E-state index contributed by atoms with van der Waals surface area (Å²) in [5.74, 6) is 1.55. The Morgan fingerprint density at radius 2 is 1.81 bits per heavy atom. The first-order valence-corrected chi connectivity index (χ1v) is 10.4. The summed E-state index contributed by atoms with van der Waals surface area (Å²) in [5, 5.41) is 4.14. The Morgan fingerprint density at radius 3 is 2.41 bits per heavy atom. The van der Waals surface area contributed by atoms with Gasteiger partial charge in [-0.2, -0.15) is 5.10 Å². The molecule has 0 bridgehead atoms. The van der Waals surface area contributed by atoms with Gasteiger partial charge in [-0.1, -0.05) is 48.5 Å². The molecule has 0 saturated carbocycles. The summed E-state index contributed by atoms with van der Waals surface area (Å²) < 4.78 is 6.34. The molecule has 6 heteroatoms. The first kappa shape index (κ1) is 18.1. The Hall–Kier alpha value is -2.31. The largest absolute Gasteiger partial charge is 0.459 e. The number of thioether (sulfide) groups is 1. The zero-order chi connectivity index (χ0) is 18.8. The first-order valence-electron chi connectivity index (χ1n) is 8.51. The topological polar surface area (TPSA) is 54.6 Å². The van der Waals surface area contributed by atoms with Gasteiger partial charge in [0.1, 0.15) is 11.5 Å². The second kappa shape index (κ2) is 7.74. The van der Waals surface area contributed by atoms with Crippen molar-refractivity contribution in [2.45, 2.75) is 12.2 Å². The van der Waals surface area contributed by atoms with E-state index < -0.39 is 0 Å². The molecule has 27 heavy (non-hydrogen) atoms. The van der Waals surface area contributed by atoms with Gasteiger partial charge in [-0.15, -0.1) is 11.8 Å². The number of fused-ring (bicyclic) bond motifs is 3. The fourth-order valence-electron chi connectivity index (χ4n) is 3.19. The number of rotatable bonds is 5. The second-order valence-electron chi connectivity index (χ2n) is 6.21. The van der Waals surface area contributed by atoms with Crippen LogP contribution in [0.2, 0.25) is 0 Å². The van der Waals surface area contributed by atoms with Gasteiger partial charge in [0.15, 0.2) is 0 Å². The SMILES string of the molecule is Cc1oc(C=NNC(=O)CSC2c3ccccc3-c3ccccc32)cc1Br. The zero-order valence-corrected chi connectivity index (χ0v) is 17.0. The normalized spacial score (nSPS) is 13.0. The highest BCUT2D eigenvalue weighted by atomic mass is 79.9. The van der Waals surface area contributed by atoms with Gasteiger partial charge in [-0.25, -0.2) is 5.43 Å². The van der Waals surface area contributed by atoms with Gasteiger partial charge >= 0.3 is 0 Å². The molecule has 4 nitrogen and oxygen atoms in total. The van der Waals surface area contributed by atoms with Crippen LogP contribution < -0.4 is 5.43 Å². The highest BCUT2D eigenvalue weighted by molar-refractivity contribution is 9.10. The number of carbonyl (C=O) groups excluding carboxylic acids is 1. The third-order valence-corrected chi connectivity index (χ3v) is 6.47. The van der Waals surface area contributed by atoms with Crippen molar-refractivity contribution >= 4 is 39.8 Å². The molecule has 0 aliphatic heterocycles. The average Bonchev–Trinajstić information content (AvgIpc) is 3.17. The van der Waals surface area contributed by atoms with E-state index in [-0.39, 0.29) is 11.2 Å². The standard InChI is InChI=1S/C21H17BrN2O2S/c1-13-19(22)10-14(26-13)11-23-24-20(25)12-27-21-17-8-4-2-6-15(17)16-7-3-5-9-18(16)21/h2-11,21H,12H2,1H3,(H,24,25). The van der Waals surface area contributed by atoms with E-state index in [1.54, 1.807) is 11.8 Å². The maximum Gasteiger partial charge on any atom is 0.250 e. The zero-order valence-electron chi connectivity index (χ0n) is 14.6. The number of nitrogens with one attached hydrogen (secondary N) is 1. The number of hydrazone groups is 1. The molecule has 1 heterocycles. The third-order valence-electron chi connectivity index (χ3n) is 4.42. The summed E-state index contributed by atoms with van der Waals surface area (Å²) in [6.45, 7) is 1.86. The van der Waals surface area contributed by atoms with Crippen LogP contribution in [0.25, 0.3) is 11.1 Å². The van der Waals surface area contributed by atoms with Crippen LogP contribution >= 0.6 is 27.7 Å². The molecule has 1 amide bonds. The Labute approximate surface area is 170 Å². The minimum Gasteiger partial charge on any atom is -0.459 e. The van der Waals surface area contributed by atoms with Crippen LogP contribution in [-0.4, -0.2) is 17.9 Å². The Kier molecular flexibility index (Phi) is 5.18. The van der Waals surface area contributed by atoms with Crippen LogP contribution in [0.4, 0.5) is 0 Å². The molecule has 0 spiro atoms. The minimum atomic E-state index is -0.138. The van der Waals surface area contributed by atoms with Crippen molar-refractivity contribution in [3.05, 3.63) is 81.7 Å². The number of benzene rings is 2. The number of aryl methyl sites for hydroxylation is 1. The molecule has 0 atom stereocenters. The van der Waals surface area contributed by atoms with Crippen molar-refractivity contribution in [3.63, 3.8) is 0 Å². The predicted octanol–water partition coefficient (Wildman–Crippen LogP) is 5.30. The number of furan rings is 1. The number of nitrogens with zero attached hydrogens (tertiary/aromatic N) is 1. The van der Waals surface area contributed by atoms with Crippen LogP contribution in [0.1, 0.15) is 27.9 Å². The lowest BCUT2D eigenvalue weighted by atomic mass is 10.1. The number of carbonyl (C=O) groups is 1. The maximum atomic E-state index is 12.2. The van der Waals surface area contributed by atoms with Crippen molar-refractivity contribution in [2.24, 2.45) is 5.10 Å². The smallest absolute Gasteiger partial charge is 0.250 e. The van der Waals surface area contributed by atoms with E-state index in [4.69, 9.17) is 4.42 Å². The second-order valence-corrected chi connectivity index (χ2v) is 8.16. The maximum absolute atomic E-state index is 12.2. The van der Waals surface area contributed by atoms with Gasteiger partial charge in [0.2, 0.25) is 5.91 Å². The van der Waals surface area contributed by atoms with Gasteiger partial charge in [-0.3, -0.25) is 4.79 Å². The van der Waals surface area contributed by atoms with E-state index >= 15 is 0 Å². The molecule has 1 N–H and O–H groups in total. The first-order chi connectivity index (χ1) is 13.1. The van der Waals surface area contributed by atoms with E-state index in [0.29, 0.717) is 11.5 Å². The van der Waals surface area contributed by atoms with Gasteiger partial charge < -0.3 is 4.42 Å². The molecule has 1 aliphatic carbocycles. The number of hydrogen-bond donors (Lipinski definition) is 1. The lowest BCUT2D eigenvalue weighted by Crippen LogP contribution is -2.20. The molecule has 136 valence electrons. The predicted molar refractivity (Wildman–Crippen MR) is 113 cm³/mol. The van der Waals surface area contributed by atoms with Gasteiger partial charge in [-0.05, 0) is 45.1 Å². The van der Waals surface area contributed by atoms with Crippen molar-refractivity contribution in [3.8, 4) is 11.1 Å². The molecule has 2 aromatic carbocycles. The van der Waals surface area contributed by atoms with E-state index in [2.05, 4.69) is 62.9 Å². The van der Waals surface area contributed by atoms with Gasteiger partial charge in [0, 0.05) is 6.07 Å². The molecular weight excluding hydrogens is 424 g/mol. The fourth-order valence-corrected chi connectivity index (χ4v) is 4.65. The quantitative estimate of drug-likeness (QED) is 0.432. The molecule has 3 aromatic rings. The van der Waals surface area contributed by atoms with Crippen LogP contribution in [0.5, 0.6) is 0 Å². The lowest BCUT2D eigenvalue weighted by Gasteiger charge is -2.12. The fraction of sp³-hybridized carbons (Fsp3) is 0.143. The monoisotopic (exact) mass is 440 g/mol. The summed E-state index contributed by atoms with van der Waals surface area (Å²) in [6, 6.07) is 18.6. The Bertz CT molecular complexity index is 964. The number of amides is 1. The summed E-state index contributed by atoms with van der Waals surface area (Å²) in [4.78, 5) is 12.2. The summed E-state index contributed by atoms with van der Waals surface area (Å²) in [6.07, 6.45) is 1.50. The van der Waals surface area contributed by atoms with Crippen molar-refractivity contribution in [1.29, 1.82) is 0 Å². The lowest BCUT2D eigenvalue weighted by molar-refractivity contribution is -0.118.